The molecular formula is C15H23N3O2. The fraction of sp³-hybridized carbons (Fsp3) is 0.600. The van der Waals surface area contributed by atoms with Crippen molar-refractivity contribution in [1.29, 1.82) is 0 Å². The maximum atomic E-state index is 11.2. The van der Waals surface area contributed by atoms with Gasteiger partial charge in [0.1, 0.15) is 5.82 Å². The van der Waals surface area contributed by atoms with E-state index in [1.165, 1.54) is 0 Å². The maximum absolute atomic E-state index is 11.2. The molecule has 0 aliphatic carbocycles. The molecule has 1 aliphatic heterocycles. The van der Waals surface area contributed by atoms with E-state index in [0.717, 1.165) is 31.0 Å². The molecule has 0 spiro atoms. The first-order valence-electron chi connectivity index (χ1n) is 6.90. The molecule has 1 fully saturated rings. The average molecular weight is 277 g/mol. The zero-order chi connectivity index (χ0) is 15.1. The van der Waals surface area contributed by atoms with Crippen molar-refractivity contribution in [3.63, 3.8) is 0 Å². The predicted molar refractivity (Wildman–Crippen MR) is 79.6 cm³/mol. The molecule has 1 saturated heterocycles. The summed E-state index contributed by atoms with van der Waals surface area (Å²) < 4.78 is 0. The lowest BCUT2D eigenvalue weighted by Crippen LogP contribution is -2.57. The molecule has 0 saturated carbocycles. The molecule has 2 heterocycles. The van der Waals surface area contributed by atoms with E-state index in [1.807, 2.05) is 13.0 Å². The number of rotatable bonds is 2. The Balaban J connectivity index is 2.33. The molecule has 5 heteroatoms. The summed E-state index contributed by atoms with van der Waals surface area (Å²) in [7, 11) is 2.13. The summed E-state index contributed by atoms with van der Waals surface area (Å²) in [6.45, 7) is 10.8. The van der Waals surface area contributed by atoms with Gasteiger partial charge in [-0.3, -0.25) is 4.90 Å². The molecule has 0 unspecified atom stereocenters. The van der Waals surface area contributed by atoms with Gasteiger partial charge in [0.15, 0.2) is 0 Å². The largest absolute Gasteiger partial charge is 0.478 e. The fourth-order valence-corrected chi connectivity index (χ4v) is 2.73. The lowest BCUT2D eigenvalue weighted by atomic mass is 9.99. The average Bonchev–Trinajstić information content (AvgIpc) is 2.31. The van der Waals surface area contributed by atoms with Crippen LogP contribution in [-0.2, 0) is 0 Å². The summed E-state index contributed by atoms with van der Waals surface area (Å²) in [5.74, 6) is -0.0241. The van der Waals surface area contributed by atoms with Gasteiger partial charge in [0.05, 0.1) is 11.3 Å². The van der Waals surface area contributed by atoms with Crippen molar-refractivity contribution in [3.8, 4) is 0 Å². The van der Waals surface area contributed by atoms with Gasteiger partial charge in [0.2, 0.25) is 0 Å². The quantitative estimate of drug-likeness (QED) is 0.895. The summed E-state index contributed by atoms with van der Waals surface area (Å²) in [6, 6.07) is 1.89. The molecule has 110 valence electrons. The maximum Gasteiger partial charge on any atom is 0.337 e. The fourth-order valence-electron chi connectivity index (χ4n) is 2.73. The Labute approximate surface area is 120 Å². The number of aryl methyl sites for hydroxylation is 2. The Kier molecular flexibility index (Phi) is 3.73. The van der Waals surface area contributed by atoms with Gasteiger partial charge in [0.25, 0.3) is 0 Å². The highest BCUT2D eigenvalue weighted by Crippen LogP contribution is 2.25. The van der Waals surface area contributed by atoms with Crippen LogP contribution in [0.1, 0.15) is 35.5 Å². The Hall–Kier alpha value is -1.62. The zero-order valence-electron chi connectivity index (χ0n) is 12.9. The smallest absolute Gasteiger partial charge is 0.337 e. The van der Waals surface area contributed by atoms with Gasteiger partial charge >= 0.3 is 5.97 Å². The highest BCUT2D eigenvalue weighted by atomic mass is 16.4. The second-order valence-corrected chi connectivity index (χ2v) is 6.22. The molecule has 1 aliphatic rings. The Morgan fingerprint density at radius 2 is 2.00 bits per heavy atom. The van der Waals surface area contributed by atoms with E-state index in [4.69, 9.17) is 0 Å². The van der Waals surface area contributed by atoms with Crippen molar-refractivity contribution >= 4 is 11.8 Å². The van der Waals surface area contributed by atoms with Crippen molar-refractivity contribution in [2.75, 3.05) is 31.6 Å². The topological polar surface area (TPSA) is 56.7 Å². The summed E-state index contributed by atoms with van der Waals surface area (Å²) in [5, 5.41) is 9.21. The number of anilines is 1. The van der Waals surface area contributed by atoms with Crippen LogP contribution in [-0.4, -0.2) is 53.2 Å². The molecule has 0 aromatic carbocycles. The number of aromatic nitrogens is 1. The van der Waals surface area contributed by atoms with Crippen molar-refractivity contribution in [2.45, 2.75) is 33.2 Å². The van der Waals surface area contributed by atoms with Crippen molar-refractivity contribution < 1.29 is 9.90 Å². The van der Waals surface area contributed by atoms with Gasteiger partial charge in [-0.2, -0.15) is 0 Å². The van der Waals surface area contributed by atoms with E-state index in [-0.39, 0.29) is 5.54 Å². The third-order valence-electron chi connectivity index (χ3n) is 4.24. The lowest BCUT2D eigenvalue weighted by Gasteiger charge is -2.45. The van der Waals surface area contributed by atoms with Gasteiger partial charge in [0, 0.05) is 25.2 Å². The van der Waals surface area contributed by atoms with Gasteiger partial charge in [-0.1, -0.05) is 0 Å². The molecule has 20 heavy (non-hydrogen) atoms. The van der Waals surface area contributed by atoms with Gasteiger partial charge in [-0.15, -0.1) is 0 Å². The number of hydrogen-bond donors (Lipinski definition) is 1. The molecule has 0 bridgehead atoms. The highest BCUT2D eigenvalue weighted by Gasteiger charge is 2.32. The van der Waals surface area contributed by atoms with E-state index in [0.29, 0.717) is 11.3 Å². The molecule has 2 rings (SSSR count). The molecule has 0 radical (unpaired) electrons. The first-order chi connectivity index (χ1) is 9.22. The first-order valence-corrected chi connectivity index (χ1v) is 6.90. The van der Waals surface area contributed by atoms with Crippen molar-refractivity contribution in [2.24, 2.45) is 0 Å². The number of carbonyl (C=O) groups is 1. The predicted octanol–water partition coefficient (Wildman–Crippen LogP) is 1.93. The van der Waals surface area contributed by atoms with Crippen molar-refractivity contribution in [1.82, 2.24) is 9.88 Å². The normalized spacial score (nSPS) is 19.1. The van der Waals surface area contributed by atoms with Crippen LogP contribution in [0, 0.1) is 13.8 Å². The highest BCUT2D eigenvalue weighted by molar-refractivity contribution is 5.90. The van der Waals surface area contributed by atoms with E-state index in [9.17, 15) is 9.90 Å². The number of carboxylic acid groups (broad SMARTS) is 1. The number of piperazine rings is 1. The van der Waals surface area contributed by atoms with Crippen molar-refractivity contribution in [3.05, 3.63) is 22.9 Å². The van der Waals surface area contributed by atoms with Crippen LogP contribution in [0.3, 0.4) is 0 Å². The second kappa shape index (κ2) is 5.05. The summed E-state index contributed by atoms with van der Waals surface area (Å²) in [6.07, 6.45) is 0. The second-order valence-electron chi connectivity index (χ2n) is 6.22. The number of likely N-dealkylation sites (N-methyl/N-ethyl adjacent to an activating group) is 1. The van der Waals surface area contributed by atoms with E-state index in [2.05, 4.69) is 35.7 Å². The summed E-state index contributed by atoms with van der Waals surface area (Å²) in [4.78, 5) is 20.3. The van der Waals surface area contributed by atoms with Crippen LogP contribution < -0.4 is 4.90 Å². The number of pyridine rings is 1. The summed E-state index contributed by atoms with van der Waals surface area (Å²) in [5.41, 5.74) is 1.77. The number of aromatic carboxylic acids is 1. The van der Waals surface area contributed by atoms with Crippen LogP contribution in [0.5, 0.6) is 0 Å². The Morgan fingerprint density at radius 3 is 2.50 bits per heavy atom. The Bertz CT molecular complexity index is 517. The van der Waals surface area contributed by atoms with Gasteiger partial charge in [-0.25, -0.2) is 9.78 Å². The minimum atomic E-state index is -0.905. The summed E-state index contributed by atoms with van der Waals surface area (Å²) >= 11 is 0. The minimum Gasteiger partial charge on any atom is -0.478 e. The number of carboxylic acids is 1. The molecule has 0 atom stereocenters. The molecule has 1 aromatic rings. The number of hydrogen-bond acceptors (Lipinski definition) is 4. The van der Waals surface area contributed by atoms with Crippen LogP contribution >= 0.6 is 0 Å². The third kappa shape index (κ3) is 2.63. The molecule has 5 nitrogen and oxygen atoms in total. The number of nitrogens with zero attached hydrogens (tertiary/aromatic N) is 3. The monoisotopic (exact) mass is 277 g/mol. The Morgan fingerprint density at radius 1 is 1.35 bits per heavy atom. The van der Waals surface area contributed by atoms with Crippen LogP contribution in [0.15, 0.2) is 6.07 Å². The van der Waals surface area contributed by atoms with Gasteiger partial charge < -0.3 is 10.0 Å². The van der Waals surface area contributed by atoms with Crippen LogP contribution in [0.4, 0.5) is 5.82 Å². The molecule has 1 N–H and O–H groups in total. The van der Waals surface area contributed by atoms with Crippen LogP contribution in [0.2, 0.25) is 0 Å². The van der Waals surface area contributed by atoms with Gasteiger partial charge in [-0.05, 0) is 46.4 Å². The van der Waals surface area contributed by atoms with Crippen LogP contribution in [0.25, 0.3) is 0 Å². The minimum absolute atomic E-state index is 0.0905. The lowest BCUT2D eigenvalue weighted by molar-refractivity contribution is 0.0694. The standard InChI is InChI=1S/C15H23N3O2/c1-10-8-12(16-11(2)13(10)14(19)20)18-7-6-17(5)15(3,4)9-18/h8H,6-7,9H2,1-5H3,(H,19,20). The first kappa shape index (κ1) is 14.8. The van der Waals surface area contributed by atoms with E-state index >= 15 is 0 Å². The van der Waals surface area contributed by atoms with E-state index in [1.54, 1.807) is 6.92 Å². The SMILES string of the molecule is Cc1cc(N2CCN(C)C(C)(C)C2)nc(C)c1C(=O)O. The third-order valence-corrected chi connectivity index (χ3v) is 4.24. The molecule has 0 amide bonds. The molecule has 1 aromatic heterocycles. The molecular weight excluding hydrogens is 254 g/mol. The van der Waals surface area contributed by atoms with E-state index < -0.39 is 5.97 Å². The zero-order valence-corrected chi connectivity index (χ0v) is 12.9.